The van der Waals surface area contributed by atoms with E-state index < -0.39 is 0 Å². The number of hydrogen-bond acceptors (Lipinski definition) is 3. The van der Waals surface area contributed by atoms with Crippen molar-refractivity contribution in [3.63, 3.8) is 0 Å². The monoisotopic (exact) mass is 284 g/mol. The summed E-state index contributed by atoms with van der Waals surface area (Å²) in [5.41, 5.74) is 3.75. The summed E-state index contributed by atoms with van der Waals surface area (Å²) < 4.78 is 5.61. The average molecular weight is 284 g/mol. The molecule has 1 aliphatic rings. The maximum Gasteiger partial charge on any atom is 0.154 e. The van der Waals surface area contributed by atoms with Gasteiger partial charge in [0.25, 0.3) is 0 Å². The first-order chi connectivity index (χ1) is 10.1. The lowest BCUT2D eigenvalue weighted by molar-refractivity contribution is 0.206. The standard InChI is InChI=1S/C18H24N2O/c1-13(2)16-11-18(21-19-16)17-5-4-10-20(17)12-15-8-6-14(3)7-9-15/h6-9,11,13,17H,4-5,10,12H2,1-3H3. The van der Waals surface area contributed by atoms with Gasteiger partial charge in [-0.1, -0.05) is 48.8 Å². The van der Waals surface area contributed by atoms with Gasteiger partial charge in [-0.15, -0.1) is 0 Å². The molecule has 0 amide bonds. The third-order valence-corrected chi connectivity index (χ3v) is 4.34. The second-order valence-electron chi connectivity index (χ2n) is 6.42. The number of likely N-dealkylation sites (tertiary alicyclic amines) is 1. The van der Waals surface area contributed by atoms with Crippen molar-refractivity contribution in [2.24, 2.45) is 0 Å². The summed E-state index contributed by atoms with van der Waals surface area (Å²) >= 11 is 0. The van der Waals surface area contributed by atoms with Gasteiger partial charge < -0.3 is 4.52 Å². The van der Waals surface area contributed by atoms with Crippen LogP contribution in [0.3, 0.4) is 0 Å². The Morgan fingerprint density at radius 1 is 1.29 bits per heavy atom. The van der Waals surface area contributed by atoms with E-state index in [2.05, 4.69) is 61.2 Å². The molecular weight excluding hydrogens is 260 g/mol. The van der Waals surface area contributed by atoms with Crippen LogP contribution in [0.4, 0.5) is 0 Å². The molecule has 0 N–H and O–H groups in total. The van der Waals surface area contributed by atoms with Crippen LogP contribution in [0.5, 0.6) is 0 Å². The molecule has 2 heterocycles. The summed E-state index contributed by atoms with van der Waals surface area (Å²) in [6.45, 7) is 8.56. The lowest BCUT2D eigenvalue weighted by atomic mass is 10.1. The molecule has 2 aromatic rings. The van der Waals surface area contributed by atoms with Gasteiger partial charge in [-0.25, -0.2) is 0 Å². The van der Waals surface area contributed by atoms with Gasteiger partial charge >= 0.3 is 0 Å². The Balaban J connectivity index is 1.74. The molecule has 1 unspecified atom stereocenters. The van der Waals surface area contributed by atoms with Crippen molar-refractivity contribution in [2.45, 2.75) is 52.1 Å². The van der Waals surface area contributed by atoms with Gasteiger partial charge in [0.15, 0.2) is 5.76 Å². The van der Waals surface area contributed by atoms with Crippen molar-refractivity contribution in [1.29, 1.82) is 0 Å². The zero-order chi connectivity index (χ0) is 14.8. The summed E-state index contributed by atoms with van der Waals surface area (Å²) in [6, 6.07) is 11.3. The molecule has 0 bridgehead atoms. The number of aryl methyl sites for hydroxylation is 1. The fourth-order valence-corrected chi connectivity index (χ4v) is 3.00. The highest BCUT2D eigenvalue weighted by Crippen LogP contribution is 2.34. The zero-order valence-corrected chi connectivity index (χ0v) is 13.2. The number of benzene rings is 1. The molecule has 1 atom stereocenters. The Bertz CT molecular complexity index is 586. The van der Waals surface area contributed by atoms with Gasteiger partial charge in [-0.05, 0) is 37.8 Å². The minimum absolute atomic E-state index is 0.381. The zero-order valence-electron chi connectivity index (χ0n) is 13.2. The molecule has 0 spiro atoms. The molecule has 0 saturated carbocycles. The fraction of sp³-hybridized carbons (Fsp3) is 0.500. The van der Waals surface area contributed by atoms with Crippen LogP contribution < -0.4 is 0 Å². The van der Waals surface area contributed by atoms with Crippen LogP contribution in [0.25, 0.3) is 0 Å². The molecule has 1 aromatic carbocycles. The molecule has 1 aliphatic heterocycles. The molecule has 0 radical (unpaired) electrons. The van der Waals surface area contributed by atoms with Crippen LogP contribution in [0.2, 0.25) is 0 Å². The minimum atomic E-state index is 0.381. The van der Waals surface area contributed by atoms with Crippen molar-refractivity contribution < 1.29 is 4.52 Å². The van der Waals surface area contributed by atoms with E-state index in [4.69, 9.17) is 4.52 Å². The predicted octanol–water partition coefficient (Wildman–Crippen LogP) is 4.44. The van der Waals surface area contributed by atoms with Crippen molar-refractivity contribution >= 4 is 0 Å². The first-order valence-corrected chi connectivity index (χ1v) is 7.89. The van der Waals surface area contributed by atoms with Gasteiger partial charge in [0.1, 0.15) is 0 Å². The van der Waals surface area contributed by atoms with E-state index in [1.54, 1.807) is 0 Å². The summed E-state index contributed by atoms with van der Waals surface area (Å²) in [4.78, 5) is 2.51. The van der Waals surface area contributed by atoms with Gasteiger partial charge in [-0.2, -0.15) is 0 Å². The smallest absolute Gasteiger partial charge is 0.154 e. The summed E-state index contributed by atoms with van der Waals surface area (Å²) in [5, 5.41) is 4.21. The topological polar surface area (TPSA) is 29.3 Å². The fourth-order valence-electron chi connectivity index (χ4n) is 3.00. The predicted molar refractivity (Wildman–Crippen MR) is 84.2 cm³/mol. The highest BCUT2D eigenvalue weighted by atomic mass is 16.5. The van der Waals surface area contributed by atoms with Gasteiger partial charge in [0, 0.05) is 12.6 Å². The lowest BCUT2D eigenvalue weighted by Crippen LogP contribution is -2.22. The van der Waals surface area contributed by atoms with E-state index in [-0.39, 0.29) is 0 Å². The average Bonchev–Trinajstić information content (AvgIpc) is 3.09. The minimum Gasteiger partial charge on any atom is -0.359 e. The molecule has 3 heteroatoms. The molecule has 3 rings (SSSR count). The van der Waals surface area contributed by atoms with Crippen LogP contribution in [0, 0.1) is 6.92 Å². The first kappa shape index (κ1) is 14.3. The molecule has 1 aromatic heterocycles. The lowest BCUT2D eigenvalue weighted by Gasteiger charge is -2.22. The molecule has 21 heavy (non-hydrogen) atoms. The van der Waals surface area contributed by atoms with Crippen molar-refractivity contribution in [3.8, 4) is 0 Å². The van der Waals surface area contributed by atoms with Crippen LogP contribution >= 0.6 is 0 Å². The van der Waals surface area contributed by atoms with Crippen LogP contribution in [0.15, 0.2) is 34.9 Å². The number of nitrogens with zero attached hydrogens (tertiary/aromatic N) is 2. The van der Waals surface area contributed by atoms with Crippen molar-refractivity contribution in [3.05, 3.63) is 52.9 Å². The third kappa shape index (κ3) is 3.18. The molecular formula is C18H24N2O. The number of rotatable bonds is 4. The van der Waals surface area contributed by atoms with Gasteiger partial charge in [0.05, 0.1) is 11.7 Å². The number of aromatic nitrogens is 1. The maximum absolute atomic E-state index is 5.61. The largest absolute Gasteiger partial charge is 0.359 e. The van der Waals surface area contributed by atoms with E-state index in [0.717, 1.165) is 24.5 Å². The Morgan fingerprint density at radius 3 is 2.71 bits per heavy atom. The van der Waals surface area contributed by atoms with Crippen molar-refractivity contribution in [1.82, 2.24) is 10.1 Å². The Labute approximate surface area is 126 Å². The Morgan fingerprint density at radius 2 is 2.05 bits per heavy atom. The Hall–Kier alpha value is -1.61. The third-order valence-electron chi connectivity index (χ3n) is 4.34. The van der Waals surface area contributed by atoms with Gasteiger partial charge in [0.2, 0.25) is 0 Å². The second kappa shape index (κ2) is 6.02. The van der Waals surface area contributed by atoms with E-state index in [0.29, 0.717) is 12.0 Å². The molecule has 1 fully saturated rings. The maximum atomic E-state index is 5.61. The van der Waals surface area contributed by atoms with E-state index in [9.17, 15) is 0 Å². The van der Waals surface area contributed by atoms with Crippen LogP contribution in [-0.2, 0) is 6.54 Å². The normalized spacial score (nSPS) is 19.5. The quantitative estimate of drug-likeness (QED) is 0.831. The molecule has 112 valence electrons. The highest BCUT2D eigenvalue weighted by Gasteiger charge is 2.29. The molecule has 1 saturated heterocycles. The summed E-state index contributed by atoms with van der Waals surface area (Å²) in [6.07, 6.45) is 2.40. The van der Waals surface area contributed by atoms with Gasteiger partial charge in [-0.3, -0.25) is 4.90 Å². The first-order valence-electron chi connectivity index (χ1n) is 7.89. The SMILES string of the molecule is Cc1ccc(CN2CCCC2c2cc(C(C)C)no2)cc1. The Kier molecular flexibility index (Phi) is 4.11. The molecule has 3 nitrogen and oxygen atoms in total. The molecule has 0 aliphatic carbocycles. The van der Waals surface area contributed by atoms with E-state index in [1.807, 2.05) is 0 Å². The summed E-state index contributed by atoms with van der Waals surface area (Å²) in [5.74, 6) is 1.46. The van der Waals surface area contributed by atoms with Crippen LogP contribution in [-0.4, -0.2) is 16.6 Å². The summed E-state index contributed by atoms with van der Waals surface area (Å²) in [7, 11) is 0. The second-order valence-corrected chi connectivity index (χ2v) is 6.42. The van der Waals surface area contributed by atoms with E-state index >= 15 is 0 Å². The highest BCUT2D eigenvalue weighted by molar-refractivity contribution is 5.22. The number of hydrogen-bond donors (Lipinski definition) is 0. The van der Waals surface area contributed by atoms with E-state index in [1.165, 1.54) is 24.0 Å². The van der Waals surface area contributed by atoms with Crippen LogP contribution in [0.1, 0.15) is 61.2 Å². The van der Waals surface area contributed by atoms with Crippen molar-refractivity contribution in [2.75, 3.05) is 6.54 Å².